The second-order valence-corrected chi connectivity index (χ2v) is 8.25. The number of phenolic OH excluding ortho intramolecular Hbond substituents is 1. The van der Waals surface area contributed by atoms with Crippen LogP contribution in [0.1, 0.15) is 43.4 Å². The van der Waals surface area contributed by atoms with E-state index >= 15 is 0 Å². The van der Waals surface area contributed by atoms with Crippen LogP contribution < -0.4 is 0 Å². The number of hydrogen-bond acceptors (Lipinski definition) is 5. The molecule has 1 aromatic heterocycles. The molecule has 1 heterocycles. The van der Waals surface area contributed by atoms with Crippen molar-refractivity contribution in [3.63, 3.8) is 0 Å². The molecular formula is C24H25FNa2O5S. The van der Waals surface area contributed by atoms with Crippen LogP contribution in [0.2, 0.25) is 0 Å². The fourth-order valence-corrected chi connectivity index (χ4v) is 4.28. The van der Waals surface area contributed by atoms with Crippen molar-refractivity contribution in [1.82, 2.24) is 0 Å². The average Bonchev–Trinajstić information content (AvgIpc) is 3.26. The molecule has 3 aromatic rings. The Bertz CT molecular complexity index is 1110. The maximum absolute atomic E-state index is 14.2. The molecule has 0 aliphatic rings. The van der Waals surface area contributed by atoms with E-state index in [0.717, 1.165) is 6.08 Å². The first-order chi connectivity index (χ1) is 14.8. The molecule has 3 N–H and O–H groups in total. The normalized spacial score (nSPS) is 11.5. The van der Waals surface area contributed by atoms with E-state index in [1.54, 1.807) is 24.3 Å². The van der Waals surface area contributed by atoms with Crippen molar-refractivity contribution in [2.45, 2.75) is 42.1 Å². The van der Waals surface area contributed by atoms with Crippen molar-refractivity contribution >= 4 is 82.4 Å². The molecule has 33 heavy (non-hydrogen) atoms. The summed E-state index contributed by atoms with van der Waals surface area (Å²) in [4.78, 5) is 12.5. The van der Waals surface area contributed by atoms with Gasteiger partial charge in [0.05, 0.1) is 18.1 Å². The van der Waals surface area contributed by atoms with E-state index in [9.17, 15) is 24.5 Å². The van der Waals surface area contributed by atoms with E-state index in [4.69, 9.17) is 4.42 Å². The molecule has 0 aliphatic carbocycles. The van der Waals surface area contributed by atoms with Gasteiger partial charge in [-0.2, -0.15) is 0 Å². The molecule has 0 unspecified atom stereocenters. The number of aromatic hydroxyl groups is 1. The predicted molar refractivity (Wildman–Crippen MR) is 131 cm³/mol. The monoisotopic (exact) mass is 490 g/mol. The summed E-state index contributed by atoms with van der Waals surface area (Å²) in [6.07, 6.45) is 4.73. The van der Waals surface area contributed by atoms with Crippen LogP contribution in [0.4, 0.5) is 4.39 Å². The van der Waals surface area contributed by atoms with Crippen molar-refractivity contribution in [2.24, 2.45) is 0 Å². The first-order valence-electron chi connectivity index (χ1n) is 9.77. The Morgan fingerprint density at radius 3 is 2.33 bits per heavy atom. The number of halogens is 1. The van der Waals surface area contributed by atoms with E-state index in [1.165, 1.54) is 42.5 Å². The Morgan fingerprint density at radius 2 is 1.79 bits per heavy atom. The van der Waals surface area contributed by atoms with Crippen molar-refractivity contribution in [3.05, 3.63) is 83.6 Å². The SMILES string of the molecule is CCC(O)(CC)c1cc(F)cc(Sc2ccc(/C(=C\C(=O)O)c3ccoc3)c(O)c2)c1.[NaH].[NaH]. The number of furan rings is 1. The van der Waals surface area contributed by atoms with Crippen molar-refractivity contribution < 1.29 is 28.9 Å². The standard InChI is InChI=1S/C24H23FO5S.2Na.2H/c1-3-24(29,4-2)16-9-17(25)11-19(10-16)31-18-5-6-20(22(26)12-18)21(13-23(27)28)15-7-8-30-14-15;;;;/h5-14,26,29H,3-4H2,1-2H3,(H,27,28);;;;/b21-13-;;;;. The zero-order valence-electron chi connectivity index (χ0n) is 17.1. The second-order valence-electron chi connectivity index (χ2n) is 7.10. The Kier molecular flexibility index (Phi) is 12.0. The Labute approximate surface area is 240 Å². The topological polar surface area (TPSA) is 90.9 Å². The Hall–Kier alpha value is -1.03. The van der Waals surface area contributed by atoms with Gasteiger partial charge in [0, 0.05) is 32.6 Å². The van der Waals surface area contributed by atoms with Gasteiger partial charge in [-0.05, 0) is 60.9 Å². The van der Waals surface area contributed by atoms with Crippen LogP contribution in [0, 0.1) is 5.82 Å². The molecule has 166 valence electrons. The number of hydrogen-bond donors (Lipinski definition) is 3. The van der Waals surface area contributed by atoms with Gasteiger partial charge in [-0.15, -0.1) is 0 Å². The number of aliphatic hydroxyl groups is 1. The summed E-state index contributed by atoms with van der Waals surface area (Å²) in [6, 6.07) is 10.9. The molecule has 0 spiro atoms. The van der Waals surface area contributed by atoms with Gasteiger partial charge >= 0.3 is 65.1 Å². The summed E-state index contributed by atoms with van der Waals surface area (Å²) >= 11 is 1.23. The number of carboxylic acid groups (broad SMARTS) is 1. The third kappa shape index (κ3) is 7.47. The number of carbonyl (C=O) groups is 1. The number of rotatable bonds is 8. The molecule has 5 nitrogen and oxygen atoms in total. The quantitative estimate of drug-likeness (QED) is 0.318. The molecule has 0 bridgehead atoms. The molecule has 0 atom stereocenters. The fraction of sp³-hybridized carbons (Fsp3) is 0.208. The molecule has 2 aromatic carbocycles. The fourth-order valence-electron chi connectivity index (χ4n) is 3.35. The molecule has 9 heteroatoms. The Balaban J connectivity index is 0.00000272. The summed E-state index contributed by atoms with van der Waals surface area (Å²) in [6.45, 7) is 3.69. The van der Waals surface area contributed by atoms with Gasteiger partial charge in [0.1, 0.15) is 11.6 Å². The van der Waals surface area contributed by atoms with E-state index < -0.39 is 17.4 Å². The zero-order valence-corrected chi connectivity index (χ0v) is 17.9. The third-order valence-corrected chi connectivity index (χ3v) is 6.13. The van der Waals surface area contributed by atoms with Crippen LogP contribution in [0.5, 0.6) is 5.75 Å². The van der Waals surface area contributed by atoms with Gasteiger partial charge in [0.15, 0.2) is 0 Å². The predicted octanol–water partition coefficient (Wildman–Crippen LogP) is 4.50. The minimum absolute atomic E-state index is 0. The molecule has 3 rings (SSSR count). The van der Waals surface area contributed by atoms with Crippen LogP contribution in [0.25, 0.3) is 5.57 Å². The van der Waals surface area contributed by atoms with Crippen LogP contribution in [-0.4, -0.2) is 80.4 Å². The maximum atomic E-state index is 14.2. The molecule has 0 amide bonds. The second kappa shape index (κ2) is 13.2. The number of benzene rings is 2. The van der Waals surface area contributed by atoms with E-state index in [1.807, 2.05) is 13.8 Å². The molecule has 0 aliphatic heterocycles. The van der Waals surface area contributed by atoms with Gasteiger partial charge in [-0.25, -0.2) is 9.18 Å². The van der Waals surface area contributed by atoms with Crippen molar-refractivity contribution in [3.8, 4) is 5.75 Å². The van der Waals surface area contributed by atoms with Crippen molar-refractivity contribution in [2.75, 3.05) is 0 Å². The number of aliphatic carboxylic acids is 1. The molecule has 0 fully saturated rings. The first-order valence-corrected chi connectivity index (χ1v) is 10.6. The summed E-state index contributed by atoms with van der Waals surface area (Å²) in [5.41, 5.74) is 0.558. The number of carboxylic acids is 1. The van der Waals surface area contributed by atoms with Crippen LogP contribution in [-0.2, 0) is 10.4 Å². The minimum atomic E-state index is -1.15. The summed E-state index contributed by atoms with van der Waals surface area (Å²) in [5, 5.41) is 30.5. The average molecular weight is 491 g/mol. The molecule has 0 saturated carbocycles. The Morgan fingerprint density at radius 1 is 1.09 bits per heavy atom. The van der Waals surface area contributed by atoms with Crippen LogP contribution >= 0.6 is 11.8 Å². The molecular weight excluding hydrogens is 465 g/mol. The van der Waals surface area contributed by atoms with Crippen LogP contribution in [0.3, 0.4) is 0 Å². The summed E-state index contributed by atoms with van der Waals surface area (Å²) < 4.78 is 19.2. The molecule has 0 radical (unpaired) electrons. The summed E-state index contributed by atoms with van der Waals surface area (Å²) in [5.74, 6) is -1.72. The van der Waals surface area contributed by atoms with Crippen LogP contribution in [0.15, 0.2) is 75.3 Å². The van der Waals surface area contributed by atoms with E-state index in [0.29, 0.717) is 44.9 Å². The molecule has 0 saturated heterocycles. The number of phenols is 1. The zero-order chi connectivity index (χ0) is 22.6. The van der Waals surface area contributed by atoms with Gasteiger partial charge in [0.2, 0.25) is 0 Å². The van der Waals surface area contributed by atoms with E-state index in [-0.39, 0.29) is 64.9 Å². The van der Waals surface area contributed by atoms with E-state index in [2.05, 4.69) is 0 Å². The van der Waals surface area contributed by atoms with Gasteiger partial charge in [0.25, 0.3) is 0 Å². The van der Waals surface area contributed by atoms with Gasteiger partial charge in [-0.1, -0.05) is 25.6 Å². The summed E-state index contributed by atoms with van der Waals surface area (Å²) in [7, 11) is 0. The first kappa shape index (κ1) is 30.0. The van der Waals surface area contributed by atoms with Gasteiger partial charge in [-0.3, -0.25) is 0 Å². The van der Waals surface area contributed by atoms with Gasteiger partial charge < -0.3 is 19.7 Å². The van der Waals surface area contributed by atoms with Crippen molar-refractivity contribution in [1.29, 1.82) is 0 Å². The third-order valence-electron chi connectivity index (χ3n) is 5.17.